The first kappa shape index (κ1) is 25.6. The van der Waals surface area contributed by atoms with E-state index in [1.165, 1.54) is 5.39 Å². The highest BCUT2D eigenvalue weighted by Crippen LogP contribution is 2.35. The second-order valence-corrected chi connectivity index (χ2v) is 10.00. The number of nitrogens with zero attached hydrogens (tertiary/aromatic N) is 4. The van der Waals surface area contributed by atoms with E-state index < -0.39 is 0 Å². The first-order valence-electron chi connectivity index (χ1n) is 13.6. The van der Waals surface area contributed by atoms with E-state index in [4.69, 9.17) is 4.74 Å². The molecular weight excluding hydrogens is 540 g/mol. The van der Waals surface area contributed by atoms with Crippen LogP contribution in [0.25, 0.3) is 50.0 Å². The van der Waals surface area contributed by atoms with Crippen LogP contribution in [-0.2, 0) is 0 Å². The van der Waals surface area contributed by atoms with Gasteiger partial charge in [-0.05, 0) is 66.7 Å². The van der Waals surface area contributed by atoms with E-state index in [0.29, 0.717) is 0 Å². The zero-order valence-electron chi connectivity index (χ0n) is 22.5. The standard InChI is InChI=1S/C36H25N4O.ClH/c1-2-11-26(12-3-1)38-25-39(34-18-7-6-17-33(34)38)27-13-10-14-28(23-27)41-29-20-21-31-30-15-4-5-16-32(30)40(35(31)24-29)36-19-8-9-22-37-36;/h1-25H;1H/q+1;/p-1. The summed E-state index contributed by atoms with van der Waals surface area (Å²) in [5.74, 6) is 2.42. The lowest BCUT2D eigenvalue weighted by molar-refractivity contribution is -0.567. The number of benzene rings is 5. The molecule has 8 rings (SSSR count). The van der Waals surface area contributed by atoms with Crippen molar-refractivity contribution in [2.45, 2.75) is 0 Å². The van der Waals surface area contributed by atoms with E-state index in [9.17, 15) is 0 Å². The van der Waals surface area contributed by atoms with E-state index >= 15 is 0 Å². The fourth-order valence-electron chi connectivity index (χ4n) is 5.69. The van der Waals surface area contributed by atoms with Gasteiger partial charge in [-0.2, -0.15) is 9.13 Å². The number of pyridine rings is 1. The summed E-state index contributed by atoms with van der Waals surface area (Å²) in [5.41, 5.74) is 6.57. The summed E-state index contributed by atoms with van der Waals surface area (Å²) in [7, 11) is 0. The maximum Gasteiger partial charge on any atom is 0.255 e. The van der Waals surface area contributed by atoms with Crippen molar-refractivity contribution in [2.24, 2.45) is 0 Å². The molecule has 3 heterocycles. The van der Waals surface area contributed by atoms with Gasteiger partial charge >= 0.3 is 0 Å². The summed E-state index contributed by atoms with van der Waals surface area (Å²) < 4.78 is 13.1. The smallest absolute Gasteiger partial charge is 0.255 e. The summed E-state index contributed by atoms with van der Waals surface area (Å²) in [6, 6.07) is 47.8. The molecule has 6 heteroatoms. The Hall–Kier alpha value is -5.39. The molecule has 0 saturated carbocycles. The van der Waals surface area contributed by atoms with Crippen LogP contribution >= 0.6 is 0 Å². The molecule has 0 spiro atoms. The van der Waals surface area contributed by atoms with Crippen molar-refractivity contribution >= 4 is 32.8 Å². The number of rotatable bonds is 5. The minimum atomic E-state index is 0. The van der Waals surface area contributed by atoms with Gasteiger partial charge in [0.05, 0.1) is 11.0 Å². The normalized spacial score (nSPS) is 11.1. The summed E-state index contributed by atoms with van der Waals surface area (Å²) in [6.45, 7) is 0. The number of imidazole rings is 1. The molecule has 0 fully saturated rings. The van der Waals surface area contributed by atoms with Crippen molar-refractivity contribution in [2.75, 3.05) is 0 Å². The number of ether oxygens (including phenoxy) is 1. The number of hydrogen-bond donors (Lipinski definition) is 0. The lowest BCUT2D eigenvalue weighted by atomic mass is 10.1. The Balaban J connectivity index is 0.00000288. The third kappa shape index (κ3) is 4.28. The Kier molecular flexibility index (Phi) is 6.42. The largest absolute Gasteiger partial charge is 1.00 e. The molecule has 0 bridgehead atoms. The molecule has 5 nitrogen and oxygen atoms in total. The van der Waals surface area contributed by atoms with Gasteiger partial charge in [0, 0.05) is 29.1 Å². The summed E-state index contributed by atoms with van der Waals surface area (Å²) >= 11 is 0. The minimum Gasteiger partial charge on any atom is -1.00 e. The molecule has 8 aromatic rings. The Morgan fingerprint density at radius 1 is 0.571 bits per heavy atom. The summed E-state index contributed by atoms with van der Waals surface area (Å²) in [5, 5.41) is 2.35. The Morgan fingerprint density at radius 3 is 2.17 bits per heavy atom. The van der Waals surface area contributed by atoms with Gasteiger partial charge in [0.2, 0.25) is 0 Å². The minimum absolute atomic E-state index is 0. The molecular formula is C36H25ClN4O. The summed E-state index contributed by atoms with van der Waals surface area (Å²) in [4.78, 5) is 4.65. The predicted molar refractivity (Wildman–Crippen MR) is 163 cm³/mol. The van der Waals surface area contributed by atoms with Crippen LogP contribution in [0, 0.1) is 0 Å². The number of hydrogen-bond acceptors (Lipinski definition) is 2. The summed E-state index contributed by atoms with van der Waals surface area (Å²) in [6.07, 6.45) is 3.96. The van der Waals surface area contributed by atoms with Gasteiger partial charge in [0.1, 0.15) is 28.7 Å². The van der Waals surface area contributed by atoms with Crippen molar-refractivity contribution in [1.29, 1.82) is 0 Å². The molecule has 202 valence electrons. The van der Waals surface area contributed by atoms with Crippen molar-refractivity contribution < 1.29 is 21.7 Å². The Labute approximate surface area is 248 Å². The van der Waals surface area contributed by atoms with Crippen molar-refractivity contribution in [3.8, 4) is 28.7 Å². The van der Waals surface area contributed by atoms with Gasteiger partial charge in [-0.25, -0.2) is 4.98 Å². The second kappa shape index (κ2) is 10.5. The van der Waals surface area contributed by atoms with Gasteiger partial charge in [-0.15, -0.1) is 0 Å². The molecule has 5 aromatic carbocycles. The maximum absolute atomic E-state index is 6.49. The van der Waals surface area contributed by atoms with Gasteiger partial charge in [-0.1, -0.05) is 60.7 Å². The number of halogens is 1. The predicted octanol–water partition coefficient (Wildman–Crippen LogP) is 5.20. The van der Waals surface area contributed by atoms with Crippen LogP contribution in [0.3, 0.4) is 0 Å². The monoisotopic (exact) mass is 564 g/mol. The molecule has 0 unspecified atom stereocenters. The van der Waals surface area contributed by atoms with Crippen LogP contribution in [0.2, 0.25) is 0 Å². The third-order valence-corrected chi connectivity index (χ3v) is 7.52. The molecule has 0 saturated heterocycles. The molecule has 0 radical (unpaired) electrons. The lowest BCUT2D eigenvalue weighted by Crippen LogP contribution is -3.00. The molecule has 3 aromatic heterocycles. The van der Waals surface area contributed by atoms with Crippen LogP contribution in [0.4, 0.5) is 0 Å². The van der Waals surface area contributed by atoms with E-state index in [-0.39, 0.29) is 12.4 Å². The maximum atomic E-state index is 6.49. The SMILES string of the molecule is [Cl-].c1ccc(-[n+]2cn(-c3cccc(Oc4ccc5c6ccccc6n(-c6ccccn6)c5c4)c3)c3ccccc32)cc1. The average Bonchev–Trinajstić information content (AvgIpc) is 3.58. The zero-order valence-corrected chi connectivity index (χ0v) is 23.3. The van der Waals surface area contributed by atoms with Gasteiger partial charge < -0.3 is 17.1 Å². The molecule has 0 aliphatic heterocycles. The quantitative estimate of drug-likeness (QED) is 0.270. The van der Waals surface area contributed by atoms with Crippen LogP contribution in [0.15, 0.2) is 152 Å². The van der Waals surface area contributed by atoms with E-state index in [0.717, 1.165) is 56.1 Å². The van der Waals surface area contributed by atoms with E-state index in [1.54, 1.807) is 0 Å². The number of aromatic nitrogens is 4. The molecule has 0 amide bonds. The topological polar surface area (TPSA) is 35.9 Å². The first-order valence-corrected chi connectivity index (χ1v) is 13.6. The molecule has 0 N–H and O–H groups in total. The number of fused-ring (bicyclic) bond motifs is 4. The molecule has 0 aliphatic carbocycles. The van der Waals surface area contributed by atoms with Crippen LogP contribution in [-0.4, -0.2) is 14.1 Å². The van der Waals surface area contributed by atoms with Gasteiger partial charge in [0.25, 0.3) is 6.33 Å². The molecule has 0 atom stereocenters. The first-order chi connectivity index (χ1) is 20.3. The van der Waals surface area contributed by atoms with Gasteiger partial charge in [-0.3, -0.25) is 4.57 Å². The van der Waals surface area contributed by atoms with Crippen molar-refractivity contribution in [3.63, 3.8) is 0 Å². The Bertz CT molecular complexity index is 2190. The van der Waals surface area contributed by atoms with E-state index in [2.05, 4.69) is 122 Å². The second-order valence-electron chi connectivity index (χ2n) is 10.00. The van der Waals surface area contributed by atoms with Crippen LogP contribution < -0.4 is 21.7 Å². The van der Waals surface area contributed by atoms with Gasteiger partial charge in [0.15, 0.2) is 11.0 Å². The molecule has 0 aliphatic rings. The molecule has 42 heavy (non-hydrogen) atoms. The van der Waals surface area contributed by atoms with Crippen LogP contribution in [0.5, 0.6) is 11.5 Å². The highest BCUT2D eigenvalue weighted by Gasteiger charge is 2.19. The highest BCUT2D eigenvalue weighted by atomic mass is 35.5. The van der Waals surface area contributed by atoms with Crippen molar-refractivity contribution in [1.82, 2.24) is 14.1 Å². The number of para-hydroxylation sites is 4. The van der Waals surface area contributed by atoms with E-state index in [1.807, 2.05) is 48.7 Å². The third-order valence-electron chi connectivity index (χ3n) is 7.52. The lowest BCUT2D eigenvalue weighted by Gasteiger charge is -2.09. The Morgan fingerprint density at radius 2 is 1.31 bits per heavy atom. The van der Waals surface area contributed by atoms with Crippen LogP contribution in [0.1, 0.15) is 0 Å². The fourth-order valence-corrected chi connectivity index (χ4v) is 5.69. The average molecular weight is 565 g/mol. The fraction of sp³-hybridized carbons (Fsp3) is 0. The van der Waals surface area contributed by atoms with Crippen molar-refractivity contribution in [3.05, 3.63) is 152 Å². The highest BCUT2D eigenvalue weighted by molar-refractivity contribution is 6.09. The zero-order chi connectivity index (χ0) is 27.2.